The fraction of sp³-hybridized carbons (Fsp3) is 0.706. The van der Waals surface area contributed by atoms with Crippen molar-refractivity contribution in [1.82, 2.24) is 19.5 Å². The van der Waals surface area contributed by atoms with E-state index in [4.69, 9.17) is 4.74 Å². The molecule has 1 fully saturated rings. The Morgan fingerprint density at radius 1 is 1.12 bits per heavy atom. The van der Waals surface area contributed by atoms with E-state index < -0.39 is 24.5 Å². The Bertz CT molecular complexity index is 742. The third-order valence-corrected chi connectivity index (χ3v) is 4.89. The van der Waals surface area contributed by atoms with Gasteiger partial charge >= 0.3 is 0 Å². The maximum absolute atomic E-state index is 10.3. The molecule has 2 aromatic rings. The highest BCUT2D eigenvalue weighted by Gasteiger charge is 2.44. The van der Waals surface area contributed by atoms with Crippen LogP contribution in [0.1, 0.15) is 33.9 Å². The van der Waals surface area contributed by atoms with Crippen molar-refractivity contribution in [3.63, 3.8) is 0 Å². The van der Waals surface area contributed by atoms with E-state index in [0.717, 1.165) is 0 Å². The van der Waals surface area contributed by atoms with Crippen LogP contribution in [0.2, 0.25) is 0 Å². The van der Waals surface area contributed by atoms with Crippen LogP contribution in [0.4, 0.5) is 5.82 Å². The first-order valence-corrected chi connectivity index (χ1v) is 8.91. The first kappa shape index (κ1) is 19.0. The summed E-state index contributed by atoms with van der Waals surface area (Å²) in [6.45, 7) is 8.21. The number of aromatic nitrogens is 4. The molecule has 1 aliphatic heterocycles. The Labute approximate surface area is 152 Å². The van der Waals surface area contributed by atoms with Gasteiger partial charge in [0.1, 0.15) is 24.6 Å². The van der Waals surface area contributed by atoms with Gasteiger partial charge in [0.05, 0.1) is 12.9 Å². The SMILES string of the molecule is CC(C)C(Nc1ncnc2c1ncn2C1O[C@H](CO)[C@@H](O)[C@H]1O)C(C)C. The molecular formula is C17H27N5O4. The summed E-state index contributed by atoms with van der Waals surface area (Å²) >= 11 is 0. The number of nitrogens with zero attached hydrogens (tertiary/aromatic N) is 4. The predicted molar refractivity (Wildman–Crippen MR) is 95.4 cm³/mol. The lowest BCUT2D eigenvalue weighted by Gasteiger charge is -2.26. The van der Waals surface area contributed by atoms with Crippen LogP contribution in [-0.2, 0) is 4.74 Å². The van der Waals surface area contributed by atoms with Crippen molar-refractivity contribution in [2.24, 2.45) is 11.8 Å². The van der Waals surface area contributed by atoms with E-state index >= 15 is 0 Å². The third kappa shape index (κ3) is 3.27. The largest absolute Gasteiger partial charge is 0.394 e. The molecule has 0 spiro atoms. The van der Waals surface area contributed by atoms with Crippen molar-refractivity contribution in [3.8, 4) is 0 Å². The van der Waals surface area contributed by atoms with Crippen LogP contribution in [0, 0.1) is 11.8 Å². The first-order chi connectivity index (χ1) is 12.3. The van der Waals surface area contributed by atoms with E-state index in [1.54, 1.807) is 4.57 Å². The topological polar surface area (TPSA) is 126 Å². The average Bonchev–Trinajstić information content (AvgIpc) is 3.14. The van der Waals surface area contributed by atoms with E-state index in [2.05, 4.69) is 48.0 Å². The second kappa shape index (κ2) is 7.43. The van der Waals surface area contributed by atoms with Crippen molar-refractivity contribution >= 4 is 17.0 Å². The minimum Gasteiger partial charge on any atom is -0.394 e. The molecule has 144 valence electrons. The summed E-state index contributed by atoms with van der Waals surface area (Å²) in [5.74, 6) is 1.43. The molecule has 0 bridgehead atoms. The van der Waals surface area contributed by atoms with Crippen LogP contribution in [0.5, 0.6) is 0 Å². The number of hydrogen-bond acceptors (Lipinski definition) is 8. The summed E-state index contributed by atoms with van der Waals surface area (Å²) in [6, 6.07) is 0.215. The molecule has 2 aromatic heterocycles. The molecule has 0 radical (unpaired) electrons. The lowest BCUT2D eigenvalue weighted by atomic mass is 9.93. The molecule has 1 saturated heterocycles. The van der Waals surface area contributed by atoms with E-state index in [9.17, 15) is 15.3 Å². The van der Waals surface area contributed by atoms with Gasteiger partial charge in [0.25, 0.3) is 0 Å². The van der Waals surface area contributed by atoms with Crippen LogP contribution in [0.25, 0.3) is 11.2 Å². The van der Waals surface area contributed by atoms with Crippen molar-refractivity contribution in [1.29, 1.82) is 0 Å². The van der Waals surface area contributed by atoms with Crippen LogP contribution < -0.4 is 5.32 Å². The number of fused-ring (bicyclic) bond motifs is 1. The number of nitrogens with one attached hydrogen (secondary N) is 1. The highest BCUT2D eigenvalue weighted by atomic mass is 16.6. The quantitative estimate of drug-likeness (QED) is 0.584. The van der Waals surface area contributed by atoms with Gasteiger partial charge in [-0.25, -0.2) is 15.0 Å². The summed E-state index contributed by atoms with van der Waals surface area (Å²) in [7, 11) is 0. The first-order valence-electron chi connectivity index (χ1n) is 8.91. The summed E-state index contributed by atoms with van der Waals surface area (Å²) in [5, 5.41) is 33.0. The number of imidazole rings is 1. The van der Waals surface area contributed by atoms with Crippen LogP contribution in [-0.4, -0.2) is 65.8 Å². The minimum absolute atomic E-state index is 0.215. The molecular weight excluding hydrogens is 338 g/mol. The molecule has 0 aliphatic carbocycles. The maximum Gasteiger partial charge on any atom is 0.167 e. The Kier molecular flexibility index (Phi) is 5.42. The molecule has 9 heteroatoms. The molecule has 0 amide bonds. The van der Waals surface area contributed by atoms with Gasteiger partial charge in [-0.2, -0.15) is 0 Å². The molecule has 3 heterocycles. The average molecular weight is 365 g/mol. The molecule has 4 N–H and O–H groups in total. The Morgan fingerprint density at radius 2 is 1.81 bits per heavy atom. The molecule has 0 aromatic carbocycles. The van der Waals surface area contributed by atoms with Gasteiger partial charge < -0.3 is 25.4 Å². The molecule has 1 aliphatic rings. The number of hydrogen-bond donors (Lipinski definition) is 4. The number of ether oxygens (including phenoxy) is 1. The van der Waals surface area contributed by atoms with Crippen LogP contribution in [0.3, 0.4) is 0 Å². The van der Waals surface area contributed by atoms with E-state index in [1.165, 1.54) is 12.7 Å². The lowest BCUT2D eigenvalue weighted by Crippen LogP contribution is -2.33. The Hall–Kier alpha value is -1.81. The van der Waals surface area contributed by atoms with Gasteiger partial charge in [0.2, 0.25) is 0 Å². The van der Waals surface area contributed by atoms with Gasteiger partial charge in [-0.05, 0) is 11.8 Å². The highest BCUT2D eigenvalue weighted by molar-refractivity contribution is 5.82. The zero-order chi connectivity index (χ0) is 19.0. The van der Waals surface area contributed by atoms with Crippen molar-refractivity contribution in [2.45, 2.75) is 58.3 Å². The summed E-state index contributed by atoms with van der Waals surface area (Å²) < 4.78 is 7.14. The smallest absolute Gasteiger partial charge is 0.167 e. The van der Waals surface area contributed by atoms with Gasteiger partial charge in [-0.3, -0.25) is 4.57 Å². The fourth-order valence-corrected chi connectivity index (χ4v) is 3.51. The lowest BCUT2D eigenvalue weighted by molar-refractivity contribution is -0.0511. The zero-order valence-corrected chi connectivity index (χ0v) is 15.4. The monoisotopic (exact) mass is 365 g/mol. The van der Waals surface area contributed by atoms with Crippen LogP contribution >= 0.6 is 0 Å². The van der Waals surface area contributed by atoms with Gasteiger partial charge in [-0.15, -0.1) is 0 Å². The van der Waals surface area contributed by atoms with Gasteiger partial charge in [-0.1, -0.05) is 27.7 Å². The van der Waals surface area contributed by atoms with E-state index in [0.29, 0.717) is 28.8 Å². The summed E-state index contributed by atoms with van der Waals surface area (Å²) in [4.78, 5) is 13.0. The highest BCUT2D eigenvalue weighted by Crippen LogP contribution is 2.32. The van der Waals surface area contributed by atoms with Crippen molar-refractivity contribution in [2.75, 3.05) is 11.9 Å². The third-order valence-electron chi connectivity index (χ3n) is 4.89. The van der Waals surface area contributed by atoms with E-state index in [1.807, 2.05) is 0 Å². The van der Waals surface area contributed by atoms with Gasteiger partial charge in [0.15, 0.2) is 23.2 Å². The predicted octanol–water partition coefficient (Wildman–Crippen LogP) is 0.530. The zero-order valence-electron chi connectivity index (χ0n) is 15.4. The fourth-order valence-electron chi connectivity index (χ4n) is 3.51. The molecule has 0 saturated carbocycles. The minimum atomic E-state index is -1.19. The standard InChI is InChI=1S/C17H27N5O4/c1-8(2)11(9(3)4)21-15-12-16(19-6-18-15)22(7-20-12)17-14(25)13(24)10(5-23)26-17/h6-11,13-14,17,23-25H,5H2,1-4H3,(H,18,19,21)/t10-,13-,14-,17?/m1/s1. The summed E-state index contributed by atoms with van der Waals surface area (Å²) in [5.41, 5.74) is 1.06. The Morgan fingerprint density at radius 3 is 2.38 bits per heavy atom. The van der Waals surface area contributed by atoms with Crippen molar-refractivity contribution in [3.05, 3.63) is 12.7 Å². The van der Waals surface area contributed by atoms with E-state index in [-0.39, 0.29) is 12.6 Å². The normalized spacial score (nSPS) is 26.5. The molecule has 9 nitrogen and oxygen atoms in total. The number of aliphatic hydroxyl groups is 3. The number of anilines is 1. The number of rotatable bonds is 6. The molecule has 26 heavy (non-hydrogen) atoms. The maximum atomic E-state index is 10.3. The molecule has 3 rings (SSSR count). The second-order valence-electron chi connectivity index (χ2n) is 7.43. The summed E-state index contributed by atoms with van der Waals surface area (Å²) in [6.07, 6.45) is -1.14. The number of aliphatic hydroxyl groups excluding tert-OH is 3. The Balaban J connectivity index is 1.94. The molecule has 1 unspecified atom stereocenters. The van der Waals surface area contributed by atoms with Crippen molar-refractivity contribution < 1.29 is 20.1 Å². The second-order valence-corrected chi connectivity index (χ2v) is 7.43. The van der Waals surface area contributed by atoms with Crippen LogP contribution in [0.15, 0.2) is 12.7 Å². The molecule has 4 atom stereocenters. The van der Waals surface area contributed by atoms with Gasteiger partial charge in [0, 0.05) is 6.04 Å².